The second-order valence-electron chi connectivity index (χ2n) is 1.82. The van der Waals surface area contributed by atoms with Crippen LogP contribution in [0.15, 0.2) is 33.7 Å². The molecule has 0 unspecified atom stereocenters. The molecule has 6 nitrogen and oxygen atoms in total. The van der Waals surface area contributed by atoms with Crippen LogP contribution in [0.25, 0.3) is 0 Å². The Morgan fingerprint density at radius 1 is 1.42 bits per heavy atom. The first-order valence-corrected chi connectivity index (χ1v) is 3.97. The Hall–Kier alpha value is -1.63. The quantitative estimate of drug-likeness (QED) is 0.625. The summed E-state index contributed by atoms with van der Waals surface area (Å²) in [6.45, 7) is 0. The summed E-state index contributed by atoms with van der Waals surface area (Å²) in [6, 6.07) is 4.38. The average Bonchev–Trinajstić information content (AvgIpc) is 2.03. The smallest absolute Gasteiger partial charge is 0.267 e. The van der Waals surface area contributed by atoms with E-state index < -0.39 is 10.5 Å². The van der Waals surface area contributed by atoms with Gasteiger partial charge in [0.15, 0.2) is 0 Å². The SMILES string of the molecule is O=c1ccccn1NN=S(=O)=O. The molecule has 7 heteroatoms. The molecule has 1 rings (SSSR count). The van der Waals surface area contributed by atoms with Gasteiger partial charge in [-0.15, -0.1) is 0 Å². The fourth-order valence-electron chi connectivity index (χ4n) is 0.587. The predicted octanol–water partition coefficient (Wildman–Crippen LogP) is -0.631. The van der Waals surface area contributed by atoms with Gasteiger partial charge in [-0.05, 0) is 10.5 Å². The molecule has 0 aliphatic heterocycles. The molecule has 0 bridgehead atoms. The Morgan fingerprint density at radius 2 is 2.17 bits per heavy atom. The average molecular weight is 187 g/mol. The van der Waals surface area contributed by atoms with Crippen molar-refractivity contribution in [2.45, 2.75) is 0 Å². The number of nitrogens with one attached hydrogen (secondary N) is 1. The normalized spacial score (nSPS) is 9.00. The van der Waals surface area contributed by atoms with Crippen LogP contribution in [-0.4, -0.2) is 13.1 Å². The van der Waals surface area contributed by atoms with Gasteiger partial charge in [-0.2, -0.15) is 14.0 Å². The van der Waals surface area contributed by atoms with Gasteiger partial charge < -0.3 is 0 Å². The summed E-state index contributed by atoms with van der Waals surface area (Å²) in [7, 11) is -2.57. The minimum Gasteiger partial charge on any atom is -0.267 e. The van der Waals surface area contributed by atoms with Crippen molar-refractivity contribution in [1.82, 2.24) is 4.68 Å². The first-order valence-electron chi connectivity index (χ1n) is 2.94. The lowest BCUT2D eigenvalue weighted by Crippen LogP contribution is -2.23. The van der Waals surface area contributed by atoms with E-state index in [4.69, 9.17) is 0 Å². The Labute approximate surface area is 69.1 Å². The number of aromatic nitrogens is 1. The van der Waals surface area contributed by atoms with Crippen LogP contribution in [0, 0.1) is 0 Å². The zero-order valence-corrected chi connectivity index (χ0v) is 6.65. The Morgan fingerprint density at radius 3 is 2.75 bits per heavy atom. The molecule has 0 spiro atoms. The molecular weight excluding hydrogens is 182 g/mol. The van der Waals surface area contributed by atoms with Crippen molar-refractivity contribution in [1.29, 1.82) is 0 Å². The molecule has 64 valence electrons. The van der Waals surface area contributed by atoms with Crippen molar-refractivity contribution in [2.24, 2.45) is 4.47 Å². The van der Waals surface area contributed by atoms with E-state index in [9.17, 15) is 13.2 Å². The largest absolute Gasteiger partial charge is 0.334 e. The van der Waals surface area contributed by atoms with Crippen molar-refractivity contribution in [3.8, 4) is 0 Å². The number of pyridine rings is 1. The molecule has 0 radical (unpaired) electrons. The summed E-state index contributed by atoms with van der Waals surface area (Å²) >= 11 is 0. The molecule has 1 aromatic rings. The number of rotatable bonds is 2. The van der Waals surface area contributed by atoms with Gasteiger partial charge in [0, 0.05) is 12.3 Å². The zero-order chi connectivity index (χ0) is 8.97. The predicted molar refractivity (Wildman–Crippen MR) is 41.4 cm³/mol. The van der Waals surface area contributed by atoms with Crippen molar-refractivity contribution < 1.29 is 8.42 Å². The lowest BCUT2D eigenvalue weighted by Gasteiger charge is -1.98. The van der Waals surface area contributed by atoms with E-state index in [0.717, 1.165) is 4.68 Å². The summed E-state index contributed by atoms with van der Waals surface area (Å²) in [5.41, 5.74) is 1.65. The molecule has 1 heterocycles. The van der Waals surface area contributed by atoms with E-state index >= 15 is 0 Å². The third-order valence-corrected chi connectivity index (χ3v) is 1.28. The molecule has 1 aromatic heterocycles. The molecule has 0 fully saturated rings. The number of hydrogen-bond acceptors (Lipinski definition) is 4. The molecule has 0 atom stereocenters. The lowest BCUT2D eigenvalue weighted by atomic mass is 10.5. The van der Waals surface area contributed by atoms with Crippen LogP contribution < -0.4 is 11.1 Å². The van der Waals surface area contributed by atoms with E-state index in [2.05, 4.69) is 4.47 Å². The molecule has 0 aliphatic rings. The minimum atomic E-state index is -2.57. The van der Waals surface area contributed by atoms with Crippen molar-refractivity contribution in [3.05, 3.63) is 34.7 Å². The van der Waals surface area contributed by atoms with Crippen LogP contribution in [0.5, 0.6) is 0 Å². The van der Waals surface area contributed by atoms with Gasteiger partial charge in [0.1, 0.15) is 0 Å². The van der Waals surface area contributed by atoms with Gasteiger partial charge >= 0.3 is 10.5 Å². The fraction of sp³-hybridized carbons (Fsp3) is 0. The summed E-state index contributed by atoms with van der Waals surface area (Å²) < 4.78 is 23.7. The van der Waals surface area contributed by atoms with Crippen molar-refractivity contribution in [3.63, 3.8) is 0 Å². The highest BCUT2D eigenvalue weighted by molar-refractivity contribution is 7.61. The highest BCUT2D eigenvalue weighted by Gasteiger charge is 1.87. The number of hydrogen-bond donors (Lipinski definition) is 1. The van der Waals surface area contributed by atoms with E-state index in [1.165, 1.54) is 18.3 Å². The van der Waals surface area contributed by atoms with Crippen LogP contribution in [0.4, 0.5) is 0 Å². The minimum absolute atomic E-state index is 0.383. The first-order chi connectivity index (χ1) is 5.70. The van der Waals surface area contributed by atoms with Crippen LogP contribution in [0.2, 0.25) is 0 Å². The maximum atomic E-state index is 10.9. The maximum absolute atomic E-state index is 10.9. The van der Waals surface area contributed by atoms with Crippen LogP contribution in [-0.2, 0) is 10.5 Å². The van der Waals surface area contributed by atoms with E-state index in [1.54, 1.807) is 6.07 Å². The Bertz CT molecular complexity index is 439. The monoisotopic (exact) mass is 187 g/mol. The molecular formula is C5H5N3O3S. The summed E-state index contributed by atoms with van der Waals surface area (Å²) in [5, 5.41) is 0. The summed E-state index contributed by atoms with van der Waals surface area (Å²) in [6.07, 6.45) is 1.36. The molecule has 0 saturated carbocycles. The molecule has 1 N–H and O–H groups in total. The lowest BCUT2D eigenvalue weighted by molar-refractivity contribution is 0.619. The zero-order valence-electron chi connectivity index (χ0n) is 5.84. The first kappa shape index (κ1) is 8.47. The Balaban J connectivity index is 2.98. The molecule has 12 heavy (non-hydrogen) atoms. The third-order valence-electron chi connectivity index (χ3n) is 1.05. The second kappa shape index (κ2) is 3.67. The number of nitrogens with zero attached hydrogens (tertiary/aromatic N) is 2. The van der Waals surface area contributed by atoms with E-state index in [1.807, 2.05) is 5.53 Å². The van der Waals surface area contributed by atoms with Crippen LogP contribution >= 0.6 is 0 Å². The standard InChI is InChI=1S/C5H5N3O3S/c9-5-3-1-2-4-8(5)6-7-12(10)11/h1-4,6H. The van der Waals surface area contributed by atoms with Crippen molar-refractivity contribution in [2.75, 3.05) is 5.53 Å². The van der Waals surface area contributed by atoms with E-state index in [-0.39, 0.29) is 5.56 Å². The summed E-state index contributed by atoms with van der Waals surface area (Å²) in [4.78, 5) is 10.9. The second-order valence-corrected chi connectivity index (χ2v) is 2.43. The highest BCUT2D eigenvalue weighted by atomic mass is 32.2. The van der Waals surface area contributed by atoms with E-state index in [0.29, 0.717) is 0 Å². The van der Waals surface area contributed by atoms with Gasteiger partial charge in [0.25, 0.3) is 5.56 Å². The van der Waals surface area contributed by atoms with Gasteiger partial charge in [0.05, 0.1) is 0 Å². The molecule has 0 saturated heterocycles. The van der Waals surface area contributed by atoms with Crippen LogP contribution in [0.3, 0.4) is 0 Å². The summed E-state index contributed by atoms with van der Waals surface area (Å²) in [5.74, 6) is 0. The molecule has 0 aliphatic carbocycles. The van der Waals surface area contributed by atoms with Crippen LogP contribution in [0.1, 0.15) is 0 Å². The Kier molecular flexibility index (Phi) is 2.59. The van der Waals surface area contributed by atoms with Gasteiger partial charge in [-0.1, -0.05) is 6.07 Å². The molecule has 0 amide bonds. The van der Waals surface area contributed by atoms with Crippen molar-refractivity contribution >= 4 is 10.5 Å². The van der Waals surface area contributed by atoms with Gasteiger partial charge in [-0.3, -0.25) is 4.79 Å². The topological polar surface area (TPSA) is 80.5 Å². The van der Waals surface area contributed by atoms with Gasteiger partial charge in [0.2, 0.25) is 0 Å². The fourth-order valence-corrected chi connectivity index (χ4v) is 0.742. The highest BCUT2D eigenvalue weighted by Crippen LogP contribution is 1.76. The maximum Gasteiger partial charge on any atom is 0.334 e. The third kappa shape index (κ3) is 2.20. The van der Waals surface area contributed by atoms with Gasteiger partial charge in [-0.25, -0.2) is 4.68 Å². The molecule has 0 aromatic carbocycles.